The summed E-state index contributed by atoms with van der Waals surface area (Å²) in [5, 5.41) is 0. The van der Waals surface area contributed by atoms with Crippen molar-refractivity contribution < 1.29 is 19.1 Å². The first-order chi connectivity index (χ1) is 5.91. The molecule has 7 nitrogen and oxygen atoms in total. The van der Waals surface area contributed by atoms with Crippen molar-refractivity contribution in [3.63, 3.8) is 0 Å². The number of guanidine groups is 1. The standard InChI is InChI=1S/C6H11N3O4/c1-3(10)12-4(2)13-6(11)9-5(7)8/h4H,1-2H3,(H4,7,8,9,11). The molecule has 13 heavy (non-hydrogen) atoms. The topological polar surface area (TPSA) is 117 Å². The number of carbonyl (C=O) groups excluding carboxylic acids is 2. The average molecular weight is 189 g/mol. The van der Waals surface area contributed by atoms with E-state index in [9.17, 15) is 9.59 Å². The minimum Gasteiger partial charge on any atom is -0.426 e. The molecule has 0 aliphatic rings. The van der Waals surface area contributed by atoms with Gasteiger partial charge in [-0.2, -0.15) is 0 Å². The zero-order valence-electron chi connectivity index (χ0n) is 7.31. The van der Waals surface area contributed by atoms with Crippen molar-refractivity contribution in [1.82, 2.24) is 0 Å². The van der Waals surface area contributed by atoms with Gasteiger partial charge in [0, 0.05) is 13.8 Å². The normalized spacial score (nSPS) is 11.2. The molecule has 0 aliphatic carbocycles. The fourth-order valence-corrected chi connectivity index (χ4v) is 0.532. The maximum absolute atomic E-state index is 10.7. The monoisotopic (exact) mass is 189 g/mol. The number of nitrogens with two attached hydrogens (primary N) is 2. The fraction of sp³-hybridized carbons (Fsp3) is 0.500. The molecule has 0 rings (SSSR count). The Balaban J connectivity index is 3.92. The van der Waals surface area contributed by atoms with Crippen molar-refractivity contribution in [2.24, 2.45) is 16.5 Å². The van der Waals surface area contributed by atoms with E-state index in [1.807, 2.05) is 0 Å². The van der Waals surface area contributed by atoms with E-state index in [0.29, 0.717) is 0 Å². The number of hydrogen-bond donors (Lipinski definition) is 2. The van der Waals surface area contributed by atoms with Crippen molar-refractivity contribution in [3.8, 4) is 0 Å². The smallest absolute Gasteiger partial charge is 0.426 e. The van der Waals surface area contributed by atoms with E-state index in [2.05, 4.69) is 14.5 Å². The Labute approximate surface area is 74.7 Å². The maximum Gasteiger partial charge on any atom is 0.439 e. The molecule has 0 aliphatic heterocycles. The lowest BCUT2D eigenvalue weighted by Crippen LogP contribution is -2.26. The summed E-state index contributed by atoms with van der Waals surface area (Å²) in [4.78, 5) is 24.1. The number of amides is 1. The molecule has 0 aromatic carbocycles. The van der Waals surface area contributed by atoms with E-state index >= 15 is 0 Å². The largest absolute Gasteiger partial charge is 0.439 e. The summed E-state index contributed by atoms with van der Waals surface area (Å²) in [6.07, 6.45) is -2.01. The lowest BCUT2D eigenvalue weighted by molar-refractivity contribution is -0.161. The van der Waals surface area contributed by atoms with Gasteiger partial charge in [0.1, 0.15) is 0 Å². The second kappa shape index (κ2) is 4.96. The number of carbonyl (C=O) groups is 2. The Morgan fingerprint density at radius 1 is 1.31 bits per heavy atom. The third-order valence-electron chi connectivity index (χ3n) is 0.819. The summed E-state index contributed by atoms with van der Waals surface area (Å²) in [6.45, 7) is 2.55. The van der Waals surface area contributed by atoms with E-state index in [-0.39, 0.29) is 0 Å². The summed E-state index contributed by atoms with van der Waals surface area (Å²) in [7, 11) is 0. The average Bonchev–Trinajstić information content (AvgIpc) is 1.80. The lowest BCUT2D eigenvalue weighted by atomic mass is 10.7. The minimum absolute atomic E-state index is 0.417. The Bertz CT molecular complexity index is 234. The number of rotatable bonds is 2. The van der Waals surface area contributed by atoms with Crippen LogP contribution in [0.1, 0.15) is 13.8 Å². The summed E-state index contributed by atoms with van der Waals surface area (Å²) < 4.78 is 8.91. The van der Waals surface area contributed by atoms with Crippen LogP contribution in [0.2, 0.25) is 0 Å². The molecule has 7 heteroatoms. The van der Waals surface area contributed by atoms with Crippen LogP contribution < -0.4 is 11.5 Å². The molecular formula is C6H11N3O4. The third kappa shape index (κ3) is 6.60. The Hall–Kier alpha value is -1.79. The first-order valence-electron chi connectivity index (χ1n) is 3.39. The van der Waals surface area contributed by atoms with Gasteiger partial charge in [-0.1, -0.05) is 0 Å². The van der Waals surface area contributed by atoms with Gasteiger partial charge in [-0.3, -0.25) is 4.79 Å². The first kappa shape index (κ1) is 11.2. The first-order valence-corrected chi connectivity index (χ1v) is 3.39. The van der Waals surface area contributed by atoms with Gasteiger partial charge >= 0.3 is 12.1 Å². The SMILES string of the molecule is CC(=O)OC(C)OC(=O)N=C(N)N. The van der Waals surface area contributed by atoms with Gasteiger partial charge in [0.2, 0.25) is 6.29 Å². The predicted octanol–water partition coefficient (Wildman–Crippen LogP) is -0.694. The summed E-state index contributed by atoms with van der Waals surface area (Å²) in [6, 6.07) is 0. The molecule has 74 valence electrons. The third-order valence-corrected chi connectivity index (χ3v) is 0.819. The molecule has 0 aromatic rings. The van der Waals surface area contributed by atoms with Crippen molar-refractivity contribution in [3.05, 3.63) is 0 Å². The van der Waals surface area contributed by atoms with Gasteiger partial charge in [-0.25, -0.2) is 4.79 Å². The molecule has 0 spiro atoms. The zero-order chi connectivity index (χ0) is 10.4. The highest BCUT2D eigenvalue weighted by Crippen LogP contribution is 1.96. The highest BCUT2D eigenvalue weighted by Gasteiger charge is 2.10. The van der Waals surface area contributed by atoms with Crippen molar-refractivity contribution >= 4 is 18.0 Å². The van der Waals surface area contributed by atoms with E-state index in [1.165, 1.54) is 13.8 Å². The fourth-order valence-electron chi connectivity index (χ4n) is 0.532. The number of esters is 1. The highest BCUT2D eigenvalue weighted by atomic mass is 16.7. The number of ether oxygens (including phenoxy) is 2. The molecular weight excluding hydrogens is 178 g/mol. The molecule has 0 radical (unpaired) electrons. The second-order valence-corrected chi connectivity index (χ2v) is 2.10. The summed E-state index contributed by atoms with van der Waals surface area (Å²) in [5.74, 6) is -0.981. The number of nitrogens with zero attached hydrogens (tertiary/aromatic N) is 1. The maximum atomic E-state index is 10.7. The van der Waals surface area contributed by atoms with Gasteiger partial charge in [0.25, 0.3) is 0 Å². The van der Waals surface area contributed by atoms with Crippen LogP contribution in [0.25, 0.3) is 0 Å². The van der Waals surface area contributed by atoms with Crippen LogP contribution in [-0.2, 0) is 14.3 Å². The van der Waals surface area contributed by atoms with Crippen LogP contribution in [-0.4, -0.2) is 24.3 Å². The highest BCUT2D eigenvalue weighted by molar-refractivity contribution is 5.87. The molecule has 0 fully saturated rings. The van der Waals surface area contributed by atoms with Crippen LogP contribution in [0.15, 0.2) is 4.99 Å². The van der Waals surface area contributed by atoms with Gasteiger partial charge in [-0.15, -0.1) is 4.99 Å². The van der Waals surface area contributed by atoms with Crippen LogP contribution in [0.5, 0.6) is 0 Å². The molecule has 0 aromatic heterocycles. The van der Waals surface area contributed by atoms with Crippen LogP contribution in [0.3, 0.4) is 0 Å². The van der Waals surface area contributed by atoms with Crippen molar-refractivity contribution in [1.29, 1.82) is 0 Å². The Morgan fingerprint density at radius 3 is 2.23 bits per heavy atom. The lowest BCUT2D eigenvalue weighted by Gasteiger charge is -2.10. The summed E-state index contributed by atoms with van der Waals surface area (Å²) in [5.41, 5.74) is 9.78. The van der Waals surface area contributed by atoms with Crippen molar-refractivity contribution in [2.45, 2.75) is 20.1 Å². The van der Waals surface area contributed by atoms with E-state index < -0.39 is 24.3 Å². The molecule has 1 unspecified atom stereocenters. The van der Waals surface area contributed by atoms with E-state index in [4.69, 9.17) is 11.5 Å². The van der Waals surface area contributed by atoms with Crippen molar-refractivity contribution in [2.75, 3.05) is 0 Å². The van der Waals surface area contributed by atoms with E-state index in [1.54, 1.807) is 0 Å². The number of hydrogen-bond acceptors (Lipinski definition) is 4. The molecule has 0 saturated heterocycles. The van der Waals surface area contributed by atoms with Crippen LogP contribution in [0.4, 0.5) is 4.79 Å². The van der Waals surface area contributed by atoms with Gasteiger partial charge < -0.3 is 20.9 Å². The van der Waals surface area contributed by atoms with Gasteiger partial charge in [-0.05, 0) is 0 Å². The zero-order valence-corrected chi connectivity index (χ0v) is 7.31. The quantitative estimate of drug-likeness (QED) is 0.257. The Kier molecular flexibility index (Phi) is 4.28. The second-order valence-electron chi connectivity index (χ2n) is 2.10. The molecule has 0 saturated carbocycles. The van der Waals surface area contributed by atoms with Crippen LogP contribution in [0, 0.1) is 0 Å². The molecule has 4 N–H and O–H groups in total. The van der Waals surface area contributed by atoms with Crippen LogP contribution >= 0.6 is 0 Å². The molecule has 0 bridgehead atoms. The predicted molar refractivity (Wildman–Crippen MR) is 43.5 cm³/mol. The van der Waals surface area contributed by atoms with Gasteiger partial charge in [0.05, 0.1) is 0 Å². The minimum atomic E-state index is -1.01. The Morgan fingerprint density at radius 2 is 1.85 bits per heavy atom. The molecule has 0 heterocycles. The van der Waals surface area contributed by atoms with Gasteiger partial charge in [0.15, 0.2) is 5.96 Å². The van der Waals surface area contributed by atoms with E-state index in [0.717, 1.165) is 0 Å². The molecule has 1 atom stereocenters. The summed E-state index contributed by atoms with van der Waals surface area (Å²) >= 11 is 0. The number of aliphatic imine (C=N–C) groups is 1. The molecule has 1 amide bonds.